The third kappa shape index (κ3) is 4.53. The molecule has 2 saturated heterocycles. The molecule has 2 atom stereocenters. The molecule has 7 nitrogen and oxygen atoms in total. The van der Waals surface area contributed by atoms with E-state index >= 15 is 0 Å². The summed E-state index contributed by atoms with van der Waals surface area (Å²) in [6.07, 6.45) is 9.23. The van der Waals surface area contributed by atoms with Crippen LogP contribution in [-0.2, 0) is 28.4 Å². The lowest BCUT2D eigenvalue weighted by atomic mass is 9.90. The van der Waals surface area contributed by atoms with E-state index in [4.69, 9.17) is 4.74 Å². The van der Waals surface area contributed by atoms with Crippen LogP contribution in [0.2, 0.25) is 0 Å². The highest BCUT2D eigenvalue weighted by Crippen LogP contribution is 2.37. The van der Waals surface area contributed by atoms with Gasteiger partial charge in [0.1, 0.15) is 0 Å². The Morgan fingerprint density at radius 3 is 3.00 bits per heavy atom. The van der Waals surface area contributed by atoms with E-state index in [1.54, 1.807) is 0 Å². The van der Waals surface area contributed by atoms with E-state index in [2.05, 4.69) is 14.7 Å². The Morgan fingerprint density at radius 1 is 1.48 bits per heavy atom. The molecule has 0 saturated carbocycles. The molecule has 0 aromatic carbocycles. The average molecular weight is 342 g/mol. The first-order valence-corrected chi connectivity index (χ1v) is 10.1. The Balaban J connectivity index is 1.55. The van der Waals surface area contributed by atoms with Crippen molar-refractivity contribution in [3.63, 3.8) is 0 Å². The van der Waals surface area contributed by atoms with Crippen LogP contribution in [0.1, 0.15) is 31.2 Å². The molecule has 0 amide bonds. The van der Waals surface area contributed by atoms with Gasteiger partial charge >= 0.3 is 0 Å². The zero-order valence-electron chi connectivity index (χ0n) is 13.9. The van der Waals surface area contributed by atoms with E-state index in [0.29, 0.717) is 6.54 Å². The first-order valence-electron chi connectivity index (χ1n) is 8.16. The lowest BCUT2D eigenvalue weighted by Crippen LogP contribution is -2.46. The number of sulfonamides is 1. The molecule has 2 aliphatic heterocycles. The maximum atomic E-state index is 11.3. The molecule has 8 heteroatoms. The second-order valence-corrected chi connectivity index (χ2v) is 8.75. The summed E-state index contributed by atoms with van der Waals surface area (Å²) in [5.74, 6) is 0. The number of hydrogen-bond donors (Lipinski definition) is 1. The molecule has 0 radical (unpaired) electrons. The molecule has 0 aliphatic carbocycles. The summed E-state index contributed by atoms with van der Waals surface area (Å²) in [6, 6.07) is 0. The fourth-order valence-corrected chi connectivity index (χ4v) is 4.17. The molecule has 3 rings (SSSR count). The first-order chi connectivity index (χ1) is 10.8. The second-order valence-electron chi connectivity index (χ2n) is 6.92. The summed E-state index contributed by atoms with van der Waals surface area (Å²) < 4.78 is 33.2. The highest BCUT2D eigenvalue weighted by Gasteiger charge is 2.42. The van der Waals surface area contributed by atoms with Crippen molar-refractivity contribution < 1.29 is 13.2 Å². The summed E-state index contributed by atoms with van der Waals surface area (Å²) >= 11 is 0. The van der Waals surface area contributed by atoms with Gasteiger partial charge in [0, 0.05) is 45.0 Å². The van der Waals surface area contributed by atoms with Gasteiger partial charge in [-0.15, -0.1) is 0 Å². The summed E-state index contributed by atoms with van der Waals surface area (Å²) in [6.45, 7) is 3.20. The Kier molecular flexibility index (Phi) is 4.78. The monoisotopic (exact) mass is 342 g/mol. The topological polar surface area (TPSA) is 76.5 Å². The molecular formula is C15H26N4O3S. The molecule has 1 N–H and O–H groups in total. The van der Waals surface area contributed by atoms with Crippen LogP contribution in [-0.4, -0.2) is 60.7 Å². The van der Waals surface area contributed by atoms with Crippen LogP contribution >= 0.6 is 0 Å². The Labute approximate surface area is 138 Å². The number of nitrogens with zero attached hydrogens (tertiary/aromatic N) is 3. The van der Waals surface area contributed by atoms with Gasteiger partial charge in [0.15, 0.2) is 0 Å². The predicted octanol–water partition coefficient (Wildman–Crippen LogP) is 0.483. The zero-order valence-corrected chi connectivity index (χ0v) is 14.7. The fraction of sp³-hybridized carbons (Fsp3) is 0.800. The van der Waals surface area contributed by atoms with E-state index in [0.717, 1.165) is 45.3 Å². The van der Waals surface area contributed by atoms with Crippen molar-refractivity contribution in [3.05, 3.63) is 18.0 Å². The summed E-state index contributed by atoms with van der Waals surface area (Å²) in [5, 5.41) is 4.22. The van der Waals surface area contributed by atoms with E-state index in [1.165, 1.54) is 11.8 Å². The van der Waals surface area contributed by atoms with Crippen molar-refractivity contribution in [2.24, 2.45) is 7.05 Å². The van der Waals surface area contributed by atoms with E-state index in [-0.39, 0.29) is 11.7 Å². The van der Waals surface area contributed by atoms with Crippen LogP contribution in [0.5, 0.6) is 0 Å². The molecule has 0 bridgehead atoms. The van der Waals surface area contributed by atoms with Crippen molar-refractivity contribution in [2.45, 2.75) is 43.9 Å². The molecule has 2 aliphatic rings. The van der Waals surface area contributed by atoms with Gasteiger partial charge < -0.3 is 4.74 Å². The van der Waals surface area contributed by atoms with Crippen molar-refractivity contribution in [3.8, 4) is 0 Å². The van der Waals surface area contributed by atoms with E-state index in [1.807, 2.05) is 24.1 Å². The van der Waals surface area contributed by atoms with E-state index in [9.17, 15) is 8.42 Å². The molecule has 1 aromatic rings. The van der Waals surface area contributed by atoms with Crippen LogP contribution in [0.3, 0.4) is 0 Å². The Bertz CT molecular complexity index is 645. The number of ether oxygens (including phenoxy) is 1. The first kappa shape index (κ1) is 16.9. The molecule has 23 heavy (non-hydrogen) atoms. The number of hydrogen-bond acceptors (Lipinski definition) is 5. The van der Waals surface area contributed by atoms with Gasteiger partial charge in [-0.1, -0.05) is 0 Å². The highest BCUT2D eigenvalue weighted by molar-refractivity contribution is 7.88. The molecule has 2 fully saturated rings. The molecule has 130 valence electrons. The minimum Gasteiger partial charge on any atom is -0.369 e. The van der Waals surface area contributed by atoms with Crippen molar-refractivity contribution in [1.82, 2.24) is 19.4 Å². The van der Waals surface area contributed by atoms with Crippen molar-refractivity contribution in [2.75, 3.05) is 25.9 Å². The number of likely N-dealkylation sites (tertiary alicyclic amines) is 1. The van der Waals surface area contributed by atoms with Gasteiger partial charge in [-0.2, -0.15) is 5.10 Å². The summed E-state index contributed by atoms with van der Waals surface area (Å²) in [5.41, 5.74) is 1.11. The van der Waals surface area contributed by atoms with Crippen LogP contribution in [0.4, 0.5) is 0 Å². The molecule has 1 spiro atoms. The minimum atomic E-state index is -3.16. The number of aryl methyl sites for hydroxylation is 1. The molecular weight excluding hydrogens is 316 g/mol. The maximum absolute atomic E-state index is 11.3. The second kappa shape index (κ2) is 6.51. The average Bonchev–Trinajstić information content (AvgIpc) is 3.04. The Hall–Kier alpha value is -0.960. The van der Waals surface area contributed by atoms with Gasteiger partial charge in [0.25, 0.3) is 0 Å². The molecule has 3 heterocycles. The third-order valence-corrected chi connectivity index (χ3v) is 5.40. The van der Waals surface area contributed by atoms with Gasteiger partial charge in [0.05, 0.1) is 24.2 Å². The lowest BCUT2D eigenvalue weighted by Gasteiger charge is -2.38. The molecule has 1 aromatic heterocycles. The SMILES string of the molecule is Cn1cc(CN2CC[C@]3(CCC[C@@H](CNS(C)(=O)=O)O3)C2)cn1. The zero-order chi connectivity index (χ0) is 16.5. The number of nitrogens with one attached hydrogen (secondary N) is 1. The van der Waals surface area contributed by atoms with Gasteiger partial charge in [0.2, 0.25) is 10.0 Å². The summed E-state index contributed by atoms with van der Waals surface area (Å²) in [7, 11) is -1.23. The Morgan fingerprint density at radius 2 is 2.30 bits per heavy atom. The van der Waals surface area contributed by atoms with Gasteiger partial charge in [-0.25, -0.2) is 13.1 Å². The van der Waals surface area contributed by atoms with Crippen LogP contribution in [0.15, 0.2) is 12.4 Å². The van der Waals surface area contributed by atoms with Crippen LogP contribution in [0.25, 0.3) is 0 Å². The predicted molar refractivity (Wildman–Crippen MR) is 87.4 cm³/mol. The standard InChI is InChI=1S/C15H26N4O3S/c1-18-10-13(8-16-18)11-19-7-6-15(12-19)5-3-4-14(22-15)9-17-23(2,20)21/h8,10,14,17H,3-7,9,11-12H2,1-2H3/t14-,15+/m0/s1. The molecule has 0 unspecified atom stereocenters. The van der Waals surface area contributed by atoms with Crippen LogP contribution < -0.4 is 4.72 Å². The van der Waals surface area contributed by atoms with Gasteiger partial charge in [-0.05, 0) is 25.7 Å². The van der Waals surface area contributed by atoms with Gasteiger partial charge in [-0.3, -0.25) is 9.58 Å². The van der Waals surface area contributed by atoms with Crippen LogP contribution in [0, 0.1) is 0 Å². The summed E-state index contributed by atoms with van der Waals surface area (Å²) in [4.78, 5) is 2.41. The lowest BCUT2D eigenvalue weighted by molar-refractivity contribution is -0.118. The highest BCUT2D eigenvalue weighted by atomic mass is 32.2. The smallest absolute Gasteiger partial charge is 0.208 e. The van der Waals surface area contributed by atoms with Crippen molar-refractivity contribution >= 4 is 10.0 Å². The number of rotatable bonds is 5. The normalized spacial score (nSPS) is 29.4. The maximum Gasteiger partial charge on any atom is 0.208 e. The van der Waals surface area contributed by atoms with Crippen molar-refractivity contribution in [1.29, 1.82) is 0 Å². The third-order valence-electron chi connectivity index (χ3n) is 4.71. The minimum absolute atomic E-state index is 0.0168. The van der Waals surface area contributed by atoms with E-state index < -0.39 is 10.0 Å². The largest absolute Gasteiger partial charge is 0.369 e. The number of aromatic nitrogens is 2. The fourth-order valence-electron chi connectivity index (χ4n) is 3.69. The quantitative estimate of drug-likeness (QED) is 0.842.